The van der Waals surface area contributed by atoms with Crippen molar-refractivity contribution >= 4 is 17.2 Å². The van der Waals surface area contributed by atoms with Crippen LogP contribution in [-0.4, -0.2) is 36.5 Å². The van der Waals surface area contributed by atoms with Gasteiger partial charge in [0.1, 0.15) is 0 Å². The maximum absolute atomic E-state index is 12.6. The molecule has 1 aliphatic carbocycles. The first kappa shape index (κ1) is 14.6. The number of piperidine rings is 1. The number of carbonyl (C=O) groups excluding carboxylic acids is 1. The van der Waals surface area contributed by atoms with Gasteiger partial charge < -0.3 is 5.32 Å². The summed E-state index contributed by atoms with van der Waals surface area (Å²) in [6.07, 6.45) is 5.13. The van der Waals surface area contributed by atoms with Crippen LogP contribution in [0, 0.1) is 11.3 Å². The van der Waals surface area contributed by atoms with Gasteiger partial charge in [0.25, 0.3) is 0 Å². The van der Waals surface area contributed by atoms with E-state index in [1.807, 2.05) is 0 Å². The lowest BCUT2D eigenvalue weighted by molar-refractivity contribution is -0.123. The van der Waals surface area contributed by atoms with Gasteiger partial charge >= 0.3 is 0 Å². The maximum atomic E-state index is 12.6. The van der Waals surface area contributed by atoms with Crippen LogP contribution in [0.1, 0.15) is 42.0 Å². The van der Waals surface area contributed by atoms with Gasteiger partial charge in [-0.25, -0.2) is 0 Å². The number of thiophene rings is 1. The van der Waals surface area contributed by atoms with Crippen LogP contribution in [0.2, 0.25) is 0 Å². The van der Waals surface area contributed by atoms with Crippen LogP contribution in [0.4, 0.5) is 0 Å². The van der Waals surface area contributed by atoms with Gasteiger partial charge in [-0.3, -0.25) is 9.69 Å². The standard InChI is InChI=1S/C16H21N3OS/c17-7-10-19-8-4-12(5-9-19)18-16(20)14-2-1-3-15-13(14)6-11-21-15/h6,11-12,14H,1-5,8-10H2,(H,18,20). The summed E-state index contributed by atoms with van der Waals surface area (Å²) < 4.78 is 0. The number of fused-ring (bicyclic) bond motifs is 1. The van der Waals surface area contributed by atoms with E-state index in [2.05, 4.69) is 27.7 Å². The average Bonchev–Trinajstić information content (AvgIpc) is 2.98. The number of nitrogens with one attached hydrogen (secondary N) is 1. The number of hydrogen-bond acceptors (Lipinski definition) is 4. The fourth-order valence-electron chi connectivity index (χ4n) is 3.40. The van der Waals surface area contributed by atoms with Crippen LogP contribution < -0.4 is 5.32 Å². The molecule has 4 nitrogen and oxygen atoms in total. The van der Waals surface area contributed by atoms with Crippen LogP contribution in [0.5, 0.6) is 0 Å². The summed E-state index contributed by atoms with van der Waals surface area (Å²) in [5.41, 5.74) is 1.26. The zero-order valence-corrected chi connectivity index (χ0v) is 13.0. The number of carbonyl (C=O) groups is 1. The normalized spacial score (nSPS) is 23.3. The third kappa shape index (κ3) is 3.28. The Morgan fingerprint density at radius 1 is 1.43 bits per heavy atom. The summed E-state index contributed by atoms with van der Waals surface area (Å²) >= 11 is 1.78. The molecule has 0 radical (unpaired) electrons. The summed E-state index contributed by atoms with van der Waals surface area (Å²) in [5.74, 6) is 0.255. The second-order valence-electron chi connectivity index (χ2n) is 5.96. The van der Waals surface area contributed by atoms with E-state index in [-0.39, 0.29) is 17.9 Å². The van der Waals surface area contributed by atoms with Gasteiger partial charge in [0.15, 0.2) is 0 Å². The maximum Gasteiger partial charge on any atom is 0.227 e. The molecule has 2 aliphatic rings. The van der Waals surface area contributed by atoms with Gasteiger partial charge in [-0.2, -0.15) is 5.26 Å². The quantitative estimate of drug-likeness (QED) is 0.872. The van der Waals surface area contributed by atoms with E-state index in [9.17, 15) is 4.79 Å². The molecule has 21 heavy (non-hydrogen) atoms. The van der Waals surface area contributed by atoms with Crippen LogP contribution >= 0.6 is 11.3 Å². The third-order valence-electron chi connectivity index (χ3n) is 4.60. The van der Waals surface area contributed by atoms with Gasteiger partial charge in [0.2, 0.25) is 5.91 Å². The van der Waals surface area contributed by atoms with Crippen molar-refractivity contribution in [3.8, 4) is 6.07 Å². The van der Waals surface area contributed by atoms with E-state index in [0.29, 0.717) is 6.54 Å². The van der Waals surface area contributed by atoms with Crippen LogP contribution in [0.3, 0.4) is 0 Å². The van der Waals surface area contributed by atoms with E-state index in [1.54, 1.807) is 11.3 Å². The zero-order valence-electron chi connectivity index (χ0n) is 12.2. The molecule has 2 heterocycles. The fraction of sp³-hybridized carbons (Fsp3) is 0.625. The Morgan fingerprint density at radius 2 is 2.24 bits per heavy atom. The Bertz CT molecular complexity index is 540. The van der Waals surface area contributed by atoms with Crippen molar-refractivity contribution in [2.75, 3.05) is 19.6 Å². The Hall–Kier alpha value is -1.38. The molecule has 1 fully saturated rings. The van der Waals surface area contributed by atoms with E-state index >= 15 is 0 Å². The summed E-state index contributed by atoms with van der Waals surface area (Å²) in [7, 11) is 0. The number of amides is 1. The van der Waals surface area contributed by atoms with Crippen molar-refractivity contribution in [1.29, 1.82) is 5.26 Å². The van der Waals surface area contributed by atoms with Crippen molar-refractivity contribution in [2.45, 2.75) is 44.1 Å². The Morgan fingerprint density at radius 3 is 3.00 bits per heavy atom. The van der Waals surface area contributed by atoms with Gasteiger partial charge in [-0.15, -0.1) is 11.3 Å². The second kappa shape index (κ2) is 6.59. The minimum atomic E-state index is 0.0529. The highest BCUT2D eigenvalue weighted by molar-refractivity contribution is 7.10. The minimum Gasteiger partial charge on any atom is -0.353 e. The monoisotopic (exact) mass is 303 g/mol. The molecule has 3 rings (SSSR count). The highest BCUT2D eigenvalue weighted by Crippen LogP contribution is 2.35. The number of nitriles is 1. The smallest absolute Gasteiger partial charge is 0.227 e. The number of nitrogens with zero attached hydrogens (tertiary/aromatic N) is 2. The molecule has 1 unspecified atom stereocenters. The highest BCUT2D eigenvalue weighted by atomic mass is 32.1. The van der Waals surface area contributed by atoms with Crippen molar-refractivity contribution in [1.82, 2.24) is 10.2 Å². The first-order valence-electron chi connectivity index (χ1n) is 7.74. The molecule has 1 saturated heterocycles. The zero-order chi connectivity index (χ0) is 14.7. The Labute approximate surface area is 129 Å². The Kier molecular flexibility index (Phi) is 4.57. The molecule has 1 atom stereocenters. The molecule has 0 saturated carbocycles. The number of aryl methyl sites for hydroxylation is 1. The number of hydrogen-bond donors (Lipinski definition) is 1. The molecule has 1 aromatic rings. The molecule has 0 bridgehead atoms. The second-order valence-corrected chi connectivity index (χ2v) is 6.96. The van der Waals surface area contributed by atoms with Crippen molar-refractivity contribution in [2.24, 2.45) is 0 Å². The SMILES string of the molecule is N#CCN1CCC(NC(=O)C2CCCc3sccc32)CC1. The molecule has 1 N–H and O–H groups in total. The van der Waals surface area contributed by atoms with Crippen molar-refractivity contribution in [3.05, 3.63) is 21.9 Å². The number of rotatable bonds is 3. The van der Waals surface area contributed by atoms with E-state index < -0.39 is 0 Å². The Balaban J connectivity index is 1.55. The number of likely N-dealkylation sites (tertiary alicyclic amines) is 1. The predicted octanol–water partition coefficient (Wildman–Crippen LogP) is 2.27. The first-order valence-corrected chi connectivity index (χ1v) is 8.62. The summed E-state index contributed by atoms with van der Waals surface area (Å²) in [5, 5.41) is 14.1. The van der Waals surface area contributed by atoms with Crippen molar-refractivity contribution < 1.29 is 4.79 Å². The minimum absolute atomic E-state index is 0.0529. The molecule has 0 spiro atoms. The van der Waals surface area contributed by atoms with Gasteiger partial charge in [0, 0.05) is 24.0 Å². The molecular weight excluding hydrogens is 282 g/mol. The van der Waals surface area contributed by atoms with Gasteiger partial charge in [-0.1, -0.05) is 0 Å². The van der Waals surface area contributed by atoms with E-state index in [1.165, 1.54) is 10.4 Å². The topological polar surface area (TPSA) is 56.1 Å². The summed E-state index contributed by atoms with van der Waals surface area (Å²) in [6, 6.07) is 4.59. The van der Waals surface area contributed by atoms with Crippen LogP contribution in [-0.2, 0) is 11.2 Å². The van der Waals surface area contributed by atoms with Crippen LogP contribution in [0.15, 0.2) is 11.4 Å². The van der Waals surface area contributed by atoms with E-state index in [4.69, 9.17) is 5.26 Å². The largest absolute Gasteiger partial charge is 0.353 e. The fourth-order valence-corrected chi connectivity index (χ4v) is 4.38. The molecule has 1 amide bonds. The van der Waals surface area contributed by atoms with E-state index in [0.717, 1.165) is 45.2 Å². The molecule has 0 aromatic carbocycles. The molecule has 5 heteroatoms. The van der Waals surface area contributed by atoms with Crippen LogP contribution in [0.25, 0.3) is 0 Å². The third-order valence-corrected chi connectivity index (χ3v) is 5.59. The molecule has 112 valence electrons. The van der Waals surface area contributed by atoms with Crippen molar-refractivity contribution in [3.63, 3.8) is 0 Å². The lowest BCUT2D eigenvalue weighted by Crippen LogP contribution is -2.46. The lowest BCUT2D eigenvalue weighted by atomic mass is 9.86. The molecular formula is C16H21N3OS. The average molecular weight is 303 g/mol. The first-order chi connectivity index (χ1) is 10.3. The highest BCUT2D eigenvalue weighted by Gasteiger charge is 2.29. The lowest BCUT2D eigenvalue weighted by Gasteiger charge is -2.32. The summed E-state index contributed by atoms with van der Waals surface area (Å²) in [4.78, 5) is 16.1. The van der Waals surface area contributed by atoms with Gasteiger partial charge in [0.05, 0.1) is 18.5 Å². The predicted molar refractivity (Wildman–Crippen MR) is 83.2 cm³/mol. The molecule has 1 aromatic heterocycles. The summed E-state index contributed by atoms with van der Waals surface area (Å²) in [6.45, 7) is 2.32. The van der Waals surface area contributed by atoms with Gasteiger partial charge in [-0.05, 0) is 49.1 Å². The molecule has 1 aliphatic heterocycles.